The number of ether oxygens (including phenoxy) is 1. The predicted molar refractivity (Wildman–Crippen MR) is 74.8 cm³/mol. The Labute approximate surface area is 109 Å². The molecular formula is C14H22N2O2. The number of rotatable bonds is 5. The van der Waals surface area contributed by atoms with Crippen molar-refractivity contribution in [2.75, 3.05) is 11.1 Å². The second kappa shape index (κ2) is 6.28. The van der Waals surface area contributed by atoms with Crippen molar-refractivity contribution in [3.63, 3.8) is 0 Å². The second-order valence-electron chi connectivity index (χ2n) is 4.71. The maximum absolute atomic E-state index is 11.7. The van der Waals surface area contributed by atoms with Crippen LogP contribution in [-0.2, 0) is 4.74 Å². The van der Waals surface area contributed by atoms with Crippen LogP contribution in [0.4, 0.5) is 11.4 Å². The van der Waals surface area contributed by atoms with E-state index in [2.05, 4.69) is 19.2 Å². The quantitative estimate of drug-likeness (QED) is 0.622. The van der Waals surface area contributed by atoms with Crippen molar-refractivity contribution in [2.45, 2.75) is 46.3 Å². The number of carbonyl (C=O) groups excluding carboxylic acids is 1. The molecule has 0 aromatic heterocycles. The molecule has 0 heterocycles. The van der Waals surface area contributed by atoms with Gasteiger partial charge in [0, 0.05) is 6.04 Å². The fourth-order valence-corrected chi connectivity index (χ4v) is 1.47. The zero-order valence-corrected chi connectivity index (χ0v) is 11.5. The largest absolute Gasteiger partial charge is 0.459 e. The molecule has 1 aromatic rings. The van der Waals surface area contributed by atoms with Crippen LogP contribution < -0.4 is 11.1 Å². The summed E-state index contributed by atoms with van der Waals surface area (Å²) in [6.07, 6.45) is 0.882. The second-order valence-corrected chi connectivity index (χ2v) is 4.71. The van der Waals surface area contributed by atoms with Crippen LogP contribution in [0, 0.1) is 0 Å². The van der Waals surface area contributed by atoms with Gasteiger partial charge < -0.3 is 15.8 Å². The van der Waals surface area contributed by atoms with E-state index in [9.17, 15) is 4.79 Å². The lowest BCUT2D eigenvalue weighted by Crippen LogP contribution is -2.16. The highest BCUT2D eigenvalue weighted by atomic mass is 16.5. The van der Waals surface area contributed by atoms with Crippen molar-refractivity contribution in [2.24, 2.45) is 0 Å². The Kier molecular flexibility index (Phi) is 5.01. The van der Waals surface area contributed by atoms with Crippen LogP contribution in [0.15, 0.2) is 18.2 Å². The lowest BCUT2D eigenvalue weighted by atomic mass is 10.1. The van der Waals surface area contributed by atoms with Crippen LogP contribution in [-0.4, -0.2) is 18.1 Å². The Morgan fingerprint density at radius 2 is 2.06 bits per heavy atom. The molecule has 0 radical (unpaired) electrons. The third-order valence-corrected chi connectivity index (χ3v) is 2.64. The molecule has 18 heavy (non-hydrogen) atoms. The Balaban J connectivity index is 2.82. The van der Waals surface area contributed by atoms with Gasteiger partial charge in [-0.25, -0.2) is 4.79 Å². The fraction of sp³-hybridized carbons (Fsp3) is 0.500. The summed E-state index contributed by atoms with van der Waals surface area (Å²) in [6, 6.07) is 5.54. The van der Waals surface area contributed by atoms with Gasteiger partial charge in [-0.2, -0.15) is 0 Å². The molecule has 0 aliphatic carbocycles. The summed E-state index contributed by atoms with van der Waals surface area (Å²) in [5, 5.41) is 3.29. The number of esters is 1. The maximum Gasteiger partial charge on any atom is 0.338 e. The normalized spacial score (nSPS) is 12.3. The van der Waals surface area contributed by atoms with Gasteiger partial charge >= 0.3 is 5.97 Å². The van der Waals surface area contributed by atoms with Gasteiger partial charge in [0.1, 0.15) is 0 Å². The molecule has 4 heteroatoms. The molecule has 1 aromatic carbocycles. The van der Waals surface area contributed by atoms with E-state index in [1.807, 2.05) is 19.9 Å². The van der Waals surface area contributed by atoms with E-state index in [-0.39, 0.29) is 12.1 Å². The van der Waals surface area contributed by atoms with Crippen molar-refractivity contribution >= 4 is 17.3 Å². The summed E-state index contributed by atoms with van der Waals surface area (Å²) in [7, 11) is 0. The van der Waals surface area contributed by atoms with Crippen molar-refractivity contribution in [3.8, 4) is 0 Å². The third-order valence-electron chi connectivity index (χ3n) is 2.64. The molecule has 0 unspecified atom stereocenters. The van der Waals surface area contributed by atoms with Gasteiger partial charge in [0.05, 0.1) is 23.0 Å². The summed E-state index contributed by atoms with van der Waals surface area (Å²) >= 11 is 0. The summed E-state index contributed by atoms with van der Waals surface area (Å²) in [5.41, 5.74) is 7.82. The van der Waals surface area contributed by atoms with Gasteiger partial charge in [0.15, 0.2) is 0 Å². The first-order valence-corrected chi connectivity index (χ1v) is 6.31. The zero-order valence-electron chi connectivity index (χ0n) is 11.5. The average Bonchev–Trinajstić information content (AvgIpc) is 2.30. The lowest BCUT2D eigenvalue weighted by Gasteiger charge is -2.16. The van der Waals surface area contributed by atoms with E-state index in [0.717, 1.165) is 12.1 Å². The van der Waals surface area contributed by atoms with Crippen LogP contribution in [0.25, 0.3) is 0 Å². The number of benzene rings is 1. The Morgan fingerprint density at radius 3 is 2.56 bits per heavy atom. The molecule has 0 fully saturated rings. The number of hydrogen-bond donors (Lipinski definition) is 2. The number of carbonyl (C=O) groups is 1. The van der Waals surface area contributed by atoms with Crippen molar-refractivity contribution < 1.29 is 9.53 Å². The van der Waals surface area contributed by atoms with Gasteiger partial charge in [0.2, 0.25) is 0 Å². The third kappa shape index (κ3) is 3.95. The van der Waals surface area contributed by atoms with E-state index in [4.69, 9.17) is 10.5 Å². The Hall–Kier alpha value is -1.71. The van der Waals surface area contributed by atoms with Gasteiger partial charge in [-0.1, -0.05) is 6.92 Å². The minimum Gasteiger partial charge on any atom is -0.459 e. The standard InChI is InChI=1S/C14H22N2O2/c1-5-10(4)16-13-7-6-11(8-12(13)15)14(17)18-9(2)3/h6-10,16H,5,15H2,1-4H3/t10-/m1/s1. The van der Waals surface area contributed by atoms with E-state index >= 15 is 0 Å². The first-order valence-electron chi connectivity index (χ1n) is 6.31. The van der Waals surface area contributed by atoms with Crippen molar-refractivity contribution in [1.82, 2.24) is 0 Å². The van der Waals surface area contributed by atoms with Crippen LogP contribution in [0.1, 0.15) is 44.5 Å². The van der Waals surface area contributed by atoms with E-state index < -0.39 is 0 Å². The SMILES string of the molecule is CC[C@@H](C)Nc1ccc(C(=O)OC(C)C)cc1N. The lowest BCUT2D eigenvalue weighted by molar-refractivity contribution is 0.0378. The molecular weight excluding hydrogens is 228 g/mol. The summed E-state index contributed by atoms with van der Waals surface area (Å²) < 4.78 is 5.12. The molecule has 0 aliphatic heterocycles. The van der Waals surface area contributed by atoms with Crippen LogP contribution in [0.5, 0.6) is 0 Å². The number of nitrogens with two attached hydrogens (primary N) is 1. The molecule has 3 N–H and O–H groups in total. The summed E-state index contributed by atoms with van der Waals surface area (Å²) in [6.45, 7) is 7.82. The first-order chi connectivity index (χ1) is 8.43. The highest BCUT2D eigenvalue weighted by Crippen LogP contribution is 2.21. The molecule has 1 atom stereocenters. The average molecular weight is 250 g/mol. The van der Waals surface area contributed by atoms with Crippen LogP contribution >= 0.6 is 0 Å². The maximum atomic E-state index is 11.7. The van der Waals surface area contributed by atoms with Gasteiger partial charge in [-0.3, -0.25) is 0 Å². The molecule has 0 spiro atoms. The molecule has 0 aliphatic rings. The van der Waals surface area contributed by atoms with Gasteiger partial charge in [0.25, 0.3) is 0 Å². The van der Waals surface area contributed by atoms with E-state index in [0.29, 0.717) is 17.3 Å². The number of anilines is 2. The number of nitrogen functional groups attached to an aromatic ring is 1. The van der Waals surface area contributed by atoms with Crippen molar-refractivity contribution in [1.29, 1.82) is 0 Å². The minimum absolute atomic E-state index is 0.128. The Morgan fingerprint density at radius 1 is 1.39 bits per heavy atom. The zero-order chi connectivity index (χ0) is 13.7. The molecule has 0 amide bonds. The molecule has 100 valence electrons. The number of hydrogen-bond acceptors (Lipinski definition) is 4. The molecule has 1 rings (SSSR count). The summed E-state index contributed by atoms with van der Waals surface area (Å²) in [4.78, 5) is 11.7. The van der Waals surface area contributed by atoms with E-state index in [1.54, 1.807) is 12.1 Å². The molecule has 0 bridgehead atoms. The fourth-order valence-electron chi connectivity index (χ4n) is 1.47. The van der Waals surface area contributed by atoms with E-state index in [1.165, 1.54) is 0 Å². The smallest absolute Gasteiger partial charge is 0.338 e. The van der Waals surface area contributed by atoms with Crippen molar-refractivity contribution in [3.05, 3.63) is 23.8 Å². The van der Waals surface area contributed by atoms with Gasteiger partial charge in [-0.05, 0) is 45.4 Å². The van der Waals surface area contributed by atoms with Crippen LogP contribution in [0.2, 0.25) is 0 Å². The highest BCUT2D eigenvalue weighted by molar-refractivity contribution is 5.92. The minimum atomic E-state index is -0.341. The Bertz CT molecular complexity index is 416. The van der Waals surface area contributed by atoms with Crippen LogP contribution in [0.3, 0.4) is 0 Å². The first kappa shape index (κ1) is 14.4. The highest BCUT2D eigenvalue weighted by Gasteiger charge is 2.11. The molecule has 0 saturated heterocycles. The predicted octanol–water partition coefficient (Wildman–Crippen LogP) is 3.04. The monoisotopic (exact) mass is 250 g/mol. The molecule has 4 nitrogen and oxygen atoms in total. The topological polar surface area (TPSA) is 64.3 Å². The summed E-state index contributed by atoms with van der Waals surface area (Å²) in [5.74, 6) is -0.341. The van der Waals surface area contributed by atoms with Gasteiger partial charge in [-0.15, -0.1) is 0 Å². The molecule has 0 saturated carbocycles. The number of nitrogens with one attached hydrogen (secondary N) is 1.